The Bertz CT molecular complexity index is 457. The molecule has 1 fully saturated rings. The van der Waals surface area contributed by atoms with E-state index in [1.54, 1.807) is 0 Å². The van der Waals surface area contributed by atoms with Crippen LogP contribution >= 0.6 is 0 Å². The summed E-state index contributed by atoms with van der Waals surface area (Å²) in [7, 11) is 0. The summed E-state index contributed by atoms with van der Waals surface area (Å²) in [6.45, 7) is 8.98. The van der Waals surface area contributed by atoms with Crippen LogP contribution in [0.15, 0.2) is 30.3 Å². The van der Waals surface area contributed by atoms with Crippen molar-refractivity contribution < 1.29 is 14.3 Å². The van der Waals surface area contributed by atoms with Crippen molar-refractivity contribution in [2.45, 2.75) is 52.9 Å². The van der Waals surface area contributed by atoms with Crippen LogP contribution in [0.4, 0.5) is 0 Å². The molecule has 0 bridgehead atoms. The zero-order valence-electron chi connectivity index (χ0n) is 13.4. The van der Waals surface area contributed by atoms with Crippen LogP contribution in [0.5, 0.6) is 0 Å². The molecule has 3 heteroatoms. The van der Waals surface area contributed by atoms with Crippen LogP contribution in [0.2, 0.25) is 0 Å². The van der Waals surface area contributed by atoms with Crippen LogP contribution in [0.3, 0.4) is 0 Å². The van der Waals surface area contributed by atoms with Gasteiger partial charge in [0.2, 0.25) is 0 Å². The highest BCUT2D eigenvalue weighted by atomic mass is 16.6. The number of hydrogen-bond acceptors (Lipinski definition) is 3. The van der Waals surface area contributed by atoms with Gasteiger partial charge in [0.05, 0.1) is 6.61 Å². The third kappa shape index (κ3) is 3.65. The number of esters is 1. The molecule has 2 rings (SSSR count). The molecule has 0 spiro atoms. The molecular weight excluding hydrogens is 264 g/mol. The van der Waals surface area contributed by atoms with Gasteiger partial charge in [0.1, 0.15) is 6.10 Å². The van der Waals surface area contributed by atoms with Crippen molar-refractivity contribution in [1.29, 1.82) is 0 Å². The van der Waals surface area contributed by atoms with Crippen LogP contribution in [0.25, 0.3) is 0 Å². The number of rotatable bonds is 5. The number of cyclic esters (lactones) is 1. The Labute approximate surface area is 127 Å². The molecule has 3 nitrogen and oxygen atoms in total. The molecule has 1 heterocycles. The summed E-state index contributed by atoms with van der Waals surface area (Å²) in [4.78, 5) is 12.3. The predicted molar refractivity (Wildman–Crippen MR) is 82.7 cm³/mol. The van der Waals surface area contributed by atoms with E-state index >= 15 is 0 Å². The van der Waals surface area contributed by atoms with Gasteiger partial charge in [0.25, 0.3) is 0 Å². The molecule has 5 atom stereocenters. The molecule has 2 unspecified atom stereocenters. The van der Waals surface area contributed by atoms with Crippen molar-refractivity contribution in [3.05, 3.63) is 35.9 Å². The van der Waals surface area contributed by atoms with Crippen molar-refractivity contribution in [2.75, 3.05) is 0 Å². The highest BCUT2D eigenvalue weighted by molar-refractivity contribution is 5.76. The Balaban J connectivity index is 2.00. The maximum atomic E-state index is 12.3. The largest absolute Gasteiger partial charge is 0.460 e. The third-order valence-corrected chi connectivity index (χ3v) is 4.79. The van der Waals surface area contributed by atoms with Crippen LogP contribution < -0.4 is 0 Å². The summed E-state index contributed by atoms with van der Waals surface area (Å²) >= 11 is 0. The average molecular weight is 290 g/mol. The molecule has 0 N–H and O–H groups in total. The summed E-state index contributed by atoms with van der Waals surface area (Å²) in [6.07, 6.45) is 0.569. The van der Waals surface area contributed by atoms with Crippen LogP contribution in [-0.2, 0) is 20.9 Å². The Morgan fingerprint density at radius 3 is 2.48 bits per heavy atom. The lowest BCUT2D eigenvalue weighted by atomic mass is 9.78. The smallest absolute Gasteiger partial charge is 0.335 e. The van der Waals surface area contributed by atoms with Crippen molar-refractivity contribution in [3.63, 3.8) is 0 Å². The summed E-state index contributed by atoms with van der Waals surface area (Å²) in [6, 6.07) is 9.93. The lowest BCUT2D eigenvalue weighted by Crippen LogP contribution is -2.49. The average Bonchev–Trinajstić information content (AvgIpc) is 2.51. The molecule has 0 amide bonds. The highest BCUT2D eigenvalue weighted by Crippen LogP contribution is 2.34. The minimum Gasteiger partial charge on any atom is -0.460 e. The molecule has 0 aromatic heterocycles. The van der Waals surface area contributed by atoms with Gasteiger partial charge in [-0.15, -0.1) is 0 Å². The van der Waals surface area contributed by atoms with E-state index in [0.29, 0.717) is 18.4 Å². The van der Waals surface area contributed by atoms with Gasteiger partial charge < -0.3 is 9.47 Å². The minimum absolute atomic E-state index is 0.00840. The molecule has 0 aliphatic carbocycles. The summed E-state index contributed by atoms with van der Waals surface area (Å²) in [5.41, 5.74) is 1.08. The summed E-state index contributed by atoms with van der Waals surface area (Å²) in [5.74, 6) is 0.677. The summed E-state index contributed by atoms with van der Waals surface area (Å²) < 4.78 is 11.5. The van der Waals surface area contributed by atoms with E-state index in [1.807, 2.05) is 30.3 Å². The fourth-order valence-electron chi connectivity index (χ4n) is 2.94. The van der Waals surface area contributed by atoms with Crippen LogP contribution in [0, 0.1) is 17.8 Å². The fraction of sp³-hybridized carbons (Fsp3) is 0.611. The SMILES string of the molecule is CC[C@@H](C)C1OC(=O)C(OCc2ccccc2)[C@@H](C)[C@@H]1C. The second-order valence-corrected chi connectivity index (χ2v) is 6.22. The monoisotopic (exact) mass is 290 g/mol. The zero-order chi connectivity index (χ0) is 15.4. The van der Waals surface area contributed by atoms with Crippen molar-refractivity contribution >= 4 is 5.97 Å². The number of ether oxygens (including phenoxy) is 2. The first-order chi connectivity index (χ1) is 10.0. The van der Waals surface area contributed by atoms with Gasteiger partial charge in [-0.3, -0.25) is 0 Å². The Morgan fingerprint density at radius 1 is 1.19 bits per heavy atom. The van der Waals surface area contributed by atoms with E-state index in [1.165, 1.54) is 0 Å². The molecule has 116 valence electrons. The van der Waals surface area contributed by atoms with E-state index < -0.39 is 6.10 Å². The third-order valence-electron chi connectivity index (χ3n) is 4.79. The lowest BCUT2D eigenvalue weighted by Gasteiger charge is -2.40. The Hall–Kier alpha value is -1.35. The molecule has 21 heavy (non-hydrogen) atoms. The van der Waals surface area contributed by atoms with E-state index in [2.05, 4.69) is 27.7 Å². The van der Waals surface area contributed by atoms with Crippen LogP contribution in [-0.4, -0.2) is 18.2 Å². The molecule has 0 saturated carbocycles. The van der Waals surface area contributed by atoms with E-state index in [9.17, 15) is 4.79 Å². The number of carbonyl (C=O) groups excluding carboxylic acids is 1. The maximum absolute atomic E-state index is 12.3. The highest BCUT2D eigenvalue weighted by Gasteiger charge is 2.43. The molecule has 1 aromatic rings. The van der Waals surface area contributed by atoms with E-state index in [0.717, 1.165) is 12.0 Å². The van der Waals surface area contributed by atoms with E-state index in [4.69, 9.17) is 9.47 Å². The first-order valence-electron chi connectivity index (χ1n) is 7.90. The zero-order valence-corrected chi connectivity index (χ0v) is 13.4. The minimum atomic E-state index is -0.458. The quantitative estimate of drug-likeness (QED) is 0.773. The molecule has 1 aliphatic rings. The van der Waals surface area contributed by atoms with Crippen molar-refractivity contribution in [3.8, 4) is 0 Å². The van der Waals surface area contributed by atoms with Gasteiger partial charge in [0, 0.05) is 0 Å². The van der Waals surface area contributed by atoms with Gasteiger partial charge in [0.15, 0.2) is 6.10 Å². The number of carbonyl (C=O) groups is 1. The summed E-state index contributed by atoms with van der Waals surface area (Å²) in [5, 5.41) is 0. The Kier molecular flexibility index (Phi) is 5.40. The van der Waals surface area contributed by atoms with Gasteiger partial charge in [-0.1, -0.05) is 64.4 Å². The normalized spacial score (nSPS) is 30.8. The Morgan fingerprint density at radius 2 is 1.86 bits per heavy atom. The van der Waals surface area contributed by atoms with E-state index in [-0.39, 0.29) is 18.0 Å². The first kappa shape index (κ1) is 16.0. The van der Waals surface area contributed by atoms with Gasteiger partial charge in [-0.25, -0.2) is 4.79 Å². The lowest BCUT2D eigenvalue weighted by molar-refractivity contribution is -0.191. The van der Waals surface area contributed by atoms with Crippen molar-refractivity contribution in [2.24, 2.45) is 17.8 Å². The maximum Gasteiger partial charge on any atom is 0.335 e. The number of hydrogen-bond donors (Lipinski definition) is 0. The number of benzene rings is 1. The van der Waals surface area contributed by atoms with Gasteiger partial charge in [-0.2, -0.15) is 0 Å². The molecular formula is C18H26O3. The van der Waals surface area contributed by atoms with Gasteiger partial charge >= 0.3 is 5.97 Å². The van der Waals surface area contributed by atoms with Crippen molar-refractivity contribution in [1.82, 2.24) is 0 Å². The van der Waals surface area contributed by atoms with Crippen LogP contribution in [0.1, 0.15) is 39.7 Å². The second-order valence-electron chi connectivity index (χ2n) is 6.22. The molecule has 1 aromatic carbocycles. The van der Waals surface area contributed by atoms with Gasteiger partial charge in [-0.05, 0) is 23.3 Å². The molecule has 1 saturated heterocycles. The molecule has 0 radical (unpaired) electrons. The molecule has 1 aliphatic heterocycles. The second kappa shape index (κ2) is 7.08. The fourth-order valence-corrected chi connectivity index (χ4v) is 2.94. The standard InChI is InChI=1S/C18H26O3/c1-5-12(2)16-13(3)14(4)17(18(19)21-16)20-11-15-9-7-6-8-10-15/h6-10,12-14,16-17H,5,11H2,1-4H3/t12-,13+,14+,16?,17?/m1/s1. The first-order valence-corrected chi connectivity index (χ1v) is 7.90. The topological polar surface area (TPSA) is 35.5 Å². The predicted octanol–water partition coefficient (Wildman–Crippen LogP) is 3.82.